The smallest absolute Gasteiger partial charge is 0.247 e. The van der Waals surface area contributed by atoms with Crippen molar-refractivity contribution in [1.82, 2.24) is 15.2 Å². The lowest BCUT2D eigenvalue weighted by atomic mass is 9.76. The molecule has 1 atom stereocenters. The Hall–Kier alpha value is -3.41. The van der Waals surface area contributed by atoms with Crippen LogP contribution in [0, 0.1) is 11.8 Å². The van der Waals surface area contributed by atoms with E-state index in [-0.39, 0.29) is 6.10 Å². The van der Waals surface area contributed by atoms with Gasteiger partial charge in [0.05, 0.1) is 18.7 Å². The van der Waals surface area contributed by atoms with Gasteiger partial charge < -0.3 is 13.9 Å². The van der Waals surface area contributed by atoms with Gasteiger partial charge in [-0.2, -0.15) is 0 Å². The van der Waals surface area contributed by atoms with Crippen LogP contribution < -0.4 is 9.47 Å². The van der Waals surface area contributed by atoms with Crippen LogP contribution in [-0.4, -0.2) is 28.4 Å². The van der Waals surface area contributed by atoms with Crippen molar-refractivity contribution in [2.24, 2.45) is 11.8 Å². The van der Waals surface area contributed by atoms with E-state index in [1.54, 1.807) is 7.11 Å². The molecule has 0 spiro atoms. The van der Waals surface area contributed by atoms with Gasteiger partial charge >= 0.3 is 0 Å². The van der Waals surface area contributed by atoms with Gasteiger partial charge in [0.15, 0.2) is 0 Å². The SMILES string of the molecule is CCC(Cc1nnc(-c2ccc(OC)cc2)o1)C1CCC(Oc2ccnc3ccccc23)CC1. The van der Waals surface area contributed by atoms with E-state index in [0.29, 0.717) is 17.7 Å². The van der Waals surface area contributed by atoms with E-state index >= 15 is 0 Å². The molecular formula is C28H31N3O3. The minimum atomic E-state index is 0.254. The number of aromatic nitrogens is 3. The van der Waals surface area contributed by atoms with Gasteiger partial charge in [0.1, 0.15) is 11.5 Å². The Bertz CT molecular complexity index is 1210. The number of nitrogens with zero attached hydrogens (tertiary/aromatic N) is 3. The van der Waals surface area contributed by atoms with Crippen LogP contribution in [0.2, 0.25) is 0 Å². The highest BCUT2D eigenvalue weighted by Gasteiger charge is 2.29. The molecule has 1 aliphatic carbocycles. The molecule has 176 valence electrons. The molecule has 2 aromatic carbocycles. The molecule has 4 aromatic rings. The summed E-state index contributed by atoms with van der Waals surface area (Å²) >= 11 is 0. The fourth-order valence-electron chi connectivity index (χ4n) is 5.08. The van der Waals surface area contributed by atoms with E-state index in [1.165, 1.54) is 0 Å². The van der Waals surface area contributed by atoms with Crippen LogP contribution in [-0.2, 0) is 6.42 Å². The molecule has 2 heterocycles. The number of para-hydroxylation sites is 1. The molecule has 1 unspecified atom stereocenters. The van der Waals surface area contributed by atoms with E-state index in [9.17, 15) is 0 Å². The maximum absolute atomic E-state index is 6.43. The number of fused-ring (bicyclic) bond motifs is 1. The van der Waals surface area contributed by atoms with Gasteiger partial charge in [-0.05, 0) is 80.0 Å². The highest BCUT2D eigenvalue weighted by molar-refractivity contribution is 5.84. The van der Waals surface area contributed by atoms with Gasteiger partial charge in [-0.25, -0.2) is 0 Å². The number of methoxy groups -OCH3 is 1. The van der Waals surface area contributed by atoms with E-state index in [0.717, 1.165) is 72.4 Å². The van der Waals surface area contributed by atoms with E-state index in [2.05, 4.69) is 28.2 Å². The molecule has 1 saturated carbocycles. The monoisotopic (exact) mass is 457 g/mol. The summed E-state index contributed by atoms with van der Waals surface area (Å²) in [6.45, 7) is 2.26. The number of hydrogen-bond acceptors (Lipinski definition) is 6. The first-order valence-corrected chi connectivity index (χ1v) is 12.2. The van der Waals surface area contributed by atoms with Crippen LogP contribution in [0.15, 0.2) is 65.2 Å². The molecule has 0 amide bonds. The van der Waals surface area contributed by atoms with Crippen molar-refractivity contribution in [2.75, 3.05) is 7.11 Å². The van der Waals surface area contributed by atoms with Crippen LogP contribution in [0.5, 0.6) is 11.5 Å². The maximum Gasteiger partial charge on any atom is 0.247 e. The van der Waals surface area contributed by atoms with E-state index in [4.69, 9.17) is 13.9 Å². The molecule has 0 saturated heterocycles. The lowest BCUT2D eigenvalue weighted by Gasteiger charge is -2.33. The summed E-state index contributed by atoms with van der Waals surface area (Å²) in [7, 11) is 1.66. The molecule has 6 nitrogen and oxygen atoms in total. The number of rotatable bonds is 8. The zero-order valence-corrected chi connectivity index (χ0v) is 19.8. The predicted octanol–water partition coefficient (Wildman–Crippen LogP) is 6.50. The highest BCUT2D eigenvalue weighted by Crippen LogP contribution is 2.36. The number of pyridine rings is 1. The van der Waals surface area contributed by atoms with Crippen molar-refractivity contribution in [3.63, 3.8) is 0 Å². The Morgan fingerprint density at radius 2 is 1.76 bits per heavy atom. The summed E-state index contributed by atoms with van der Waals surface area (Å²) in [5, 5.41) is 9.70. The molecule has 34 heavy (non-hydrogen) atoms. The third-order valence-corrected chi connectivity index (χ3v) is 7.05. The van der Waals surface area contributed by atoms with Crippen LogP contribution in [0.25, 0.3) is 22.4 Å². The quantitative estimate of drug-likeness (QED) is 0.301. The van der Waals surface area contributed by atoms with Gasteiger partial charge in [0, 0.05) is 23.6 Å². The molecule has 0 radical (unpaired) electrons. The van der Waals surface area contributed by atoms with Crippen molar-refractivity contribution < 1.29 is 13.9 Å². The minimum absolute atomic E-state index is 0.254. The average Bonchev–Trinajstić information content (AvgIpc) is 3.37. The molecule has 1 aliphatic rings. The third-order valence-electron chi connectivity index (χ3n) is 7.05. The molecular weight excluding hydrogens is 426 g/mol. The van der Waals surface area contributed by atoms with Crippen molar-refractivity contribution >= 4 is 10.9 Å². The Morgan fingerprint density at radius 1 is 0.971 bits per heavy atom. The van der Waals surface area contributed by atoms with E-state index < -0.39 is 0 Å². The summed E-state index contributed by atoms with van der Waals surface area (Å²) in [5.41, 5.74) is 1.89. The first-order valence-electron chi connectivity index (χ1n) is 12.2. The summed E-state index contributed by atoms with van der Waals surface area (Å²) < 4.78 is 17.7. The Labute approximate surface area is 200 Å². The third kappa shape index (κ3) is 4.91. The largest absolute Gasteiger partial charge is 0.497 e. The van der Waals surface area contributed by atoms with Gasteiger partial charge in [-0.3, -0.25) is 4.98 Å². The van der Waals surface area contributed by atoms with Gasteiger partial charge in [0.25, 0.3) is 0 Å². The van der Waals surface area contributed by atoms with Crippen molar-refractivity contribution in [3.8, 4) is 23.0 Å². The topological polar surface area (TPSA) is 70.3 Å². The molecule has 0 aliphatic heterocycles. The predicted molar refractivity (Wildman–Crippen MR) is 132 cm³/mol. The maximum atomic E-state index is 6.43. The lowest BCUT2D eigenvalue weighted by molar-refractivity contribution is 0.108. The molecule has 5 rings (SSSR count). The minimum Gasteiger partial charge on any atom is -0.497 e. The fourth-order valence-corrected chi connectivity index (χ4v) is 5.08. The zero-order valence-electron chi connectivity index (χ0n) is 19.8. The van der Waals surface area contributed by atoms with Crippen molar-refractivity contribution in [3.05, 3.63) is 66.7 Å². The second-order valence-corrected chi connectivity index (χ2v) is 9.08. The van der Waals surface area contributed by atoms with E-state index in [1.807, 2.05) is 54.7 Å². The highest BCUT2D eigenvalue weighted by atomic mass is 16.5. The number of benzene rings is 2. The normalized spacial score (nSPS) is 19.1. The first kappa shape index (κ1) is 22.4. The Kier molecular flexibility index (Phi) is 6.74. The molecule has 2 aromatic heterocycles. The van der Waals surface area contributed by atoms with Crippen molar-refractivity contribution in [2.45, 2.75) is 51.6 Å². The van der Waals surface area contributed by atoms with Crippen LogP contribution >= 0.6 is 0 Å². The lowest BCUT2D eigenvalue weighted by Crippen LogP contribution is -2.28. The second kappa shape index (κ2) is 10.2. The molecule has 0 bridgehead atoms. The fraction of sp³-hybridized carbons (Fsp3) is 0.393. The summed E-state index contributed by atoms with van der Waals surface area (Å²) in [5.74, 6) is 4.22. The molecule has 6 heteroatoms. The van der Waals surface area contributed by atoms with Gasteiger partial charge in [-0.15, -0.1) is 10.2 Å². The van der Waals surface area contributed by atoms with Gasteiger partial charge in [0.2, 0.25) is 11.8 Å². The Morgan fingerprint density at radius 3 is 2.53 bits per heavy atom. The molecule has 0 N–H and O–H groups in total. The van der Waals surface area contributed by atoms with Crippen LogP contribution in [0.1, 0.15) is 44.9 Å². The first-order chi connectivity index (χ1) is 16.7. The Balaban J connectivity index is 1.18. The zero-order chi connectivity index (χ0) is 23.3. The second-order valence-electron chi connectivity index (χ2n) is 9.08. The van der Waals surface area contributed by atoms with Crippen molar-refractivity contribution in [1.29, 1.82) is 0 Å². The number of ether oxygens (including phenoxy) is 2. The standard InChI is InChI=1S/C28H31N3O3/c1-3-19(18-27-30-31-28(34-27)21-10-12-22(32-2)13-11-21)20-8-14-23(15-9-20)33-26-16-17-29-25-7-5-4-6-24(25)26/h4-7,10-13,16-17,19-20,23H,3,8-9,14-15,18H2,1-2H3. The molecule has 1 fully saturated rings. The van der Waals surface area contributed by atoms with Gasteiger partial charge in [-0.1, -0.05) is 25.5 Å². The average molecular weight is 458 g/mol. The summed E-state index contributed by atoms with van der Waals surface area (Å²) in [6, 6.07) is 17.9. The summed E-state index contributed by atoms with van der Waals surface area (Å²) in [4.78, 5) is 4.44. The van der Waals surface area contributed by atoms with Crippen LogP contribution in [0.4, 0.5) is 0 Å². The van der Waals surface area contributed by atoms with Crippen LogP contribution in [0.3, 0.4) is 0 Å². The summed E-state index contributed by atoms with van der Waals surface area (Å²) in [6.07, 6.45) is 8.47. The number of hydrogen-bond donors (Lipinski definition) is 0.